The first-order valence-corrected chi connectivity index (χ1v) is 7.89. The second-order valence-electron chi connectivity index (χ2n) is 4.79. The Morgan fingerprint density at radius 3 is 2.58 bits per heavy atom. The van der Waals surface area contributed by atoms with Crippen LogP contribution in [0.4, 0.5) is 13.6 Å². The van der Waals surface area contributed by atoms with Crippen LogP contribution in [0.3, 0.4) is 0 Å². The summed E-state index contributed by atoms with van der Waals surface area (Å²) in [7, 11) is 1.15. The molecule has 0 saturated heterocycles. The Morgan fingerprint density at radius 2 is 1.92 bits per heavy atom. The minimum absolute atomic E-state index is 0.0229. The molecule has 7 heteroatoms. The summed E-state index contributed by atoms with van der Waals surface area (Å²) in [6.07, 6.45) is -0.434. The molecule has 0 aromatic heterocycles. The van der Waals surface area contributed by atoms with Gasteiger partial charge in [-0.05, 0) is 46.1 Å². The number of hydrogen-bond donors (Lipinski definition) is 0. The first-order chi connectivity index (χ1) is 11.5. The number of rotatable bonds is 5. The van der Waals surface area contributed by atoms with Gasteiger partial charge in [0, 0.05) is 6.07 Å². The van der Waals surface area contributed by atoms with Crippen LogP contribution in [0.15, 0.2) is 34.8 Å². The Kier molecular flexibility index (Phi) is 6.14. The highest BCUT2D eigenvalue weighted by atomic mass is 79.9. The first-order valence-electron chi connectivity index (χ1n) is 7.10. The van der Waals surface area contributed by atoms with Gasteiger partial charge in [0.05, 0.1) is 17.1 Å². The summed E-state index contributed by atoms with van der Waals surface area (Å²) in [4.78, 5) is 11.2. The summed E-state index contributed by atoms with van der Waals surface area (Å²) in [6.45, 7) is 1.59. The summed E-state index contributed by atoms with van der Waals surface area (Å²) in [5, 5.41) is 0. The van der Waals surface area contributed by atoms with Crippen molar-refractivity contribution in [3.63, 3.8) is 0 Å². The van der Waals surface area contributed by atoms with E-state index in [1.807, 2.05) is 6.92 Å². The molecule has 0 saturated carbocycles. The molecule has 0 bridgehead atoms. The maximum absolute atomic E-state index is 14.0. The number of aryl methyl sites for hydroxylation is 1. The van der Waals surface area contributed by atoms with Crippen molar-refractivity contribution in [3.05, 3.63) is 57.6 Å². The summed E-state index contributed by atoms with van der Waals surface area (Å²) in [5.74, 6) is -0.825. The lowest BCUT2D eigenvalue weighted by Gasteiger charge is -2.13. The molecule has 0 aliphatic heterocycles. The zero-order chi connectivity index (χ0) is 17.7. The van der Waals surface area contributed by atoms with Gasteiger partial charge < -0.3 is 14.2 Å². The molecule has 24 heavy (non-hydrogen) atoms. The van der Waals surface area contributed by atoms with Gasteiger partial charge in [0.25, 0.3) is 0 Å². The van der Waals surface area contributed by atoms with E-state index >= 15 is 0 Å². The Hall–Kier alpha value is -2.15. The lowest BCUT2D eigenvalue weighted by atomic mass is 10.1. The van der Waals surface area contributed by atoms with Gasteiger partial charge in [-0.2, -0.15) is 0 Å². The third kappa shape index (κ3) is 4.23. The number of methoxy groups -OCH3 is 1. The van der Waals surface area contributed by atoms with Crippen LogP contribution in [0.1, 0.15) is 18.1 Å². The number of ether oxygens (including phenoxy) is 3. The van der Waals surface area contributed by atoms with E-state index in [1.54, 1.807) is 6.07 Å². The van der Waals surface area contributed by atoms with Crippen LogP contribution in [0, 0.1) is 11.6 Å². The first kappa shape index (κ1) is 18.2. The van der Waals surface area contributed by atoms with Gasteiger partial charge in [0.1, 0.15) is 29.7 Å². The van der Waals surface area contributed by atoms with Gasteiger partial charge >= 0.3 is 6.16 Å². The molecule has 4 nitrogen and oxygen atoms in total. The SMILES string of the molecule is CCc1cc(Br)c(OCc2c(F)cccc2OC(=O)OC)cc1F. The van der Waals surface area contributed by atoms with Crippen LogP contribution in [0.2, 0.25) is 0 Å². The molecule has 0 N–H and O–H groups in total. The summed E-state index contributed by atoms with van der Waals surface area (Å²) in [6, 6.07) is 6.85. The summed E-state index contributed by atoms with van der Waals surface area (Å²) < 4.78 is 43.2. The molecule has 0 atom stereocenters. The lowest BCUT2D eigenvalue weighted by molar-refractivity contribution is 0.120. The van der Waals surface area contributed by atoms with Crippen molar-refractivity contribution in [1.82, 2.24) is 0 Å². The second-order valence-corrected chi connectivity index (χ2v) is 5.64. The number of benzene rings is 2. The Morgan fingerprint density at radius 1 is 1.17 bits per heavy atom. The smallest absolute Gasteiger partial charge is 0.487 e. The zero-order valence-corrected chi connectivity index (χ0v) is 14.7. The molecule has 0 aliphatic rings. The van der Waals surface area contributed by atoms with Crippen LogP contribution in [0.25, 0.3) is 0 Å². The molecule has 2 aromatic carbocycles. The fraction of sp³-hybridized carbons (Fsp3) is 0.235. The van der Waals surface area contributed by atoms with Gasteiger partial charge in [-0.3, -0.25) is 0 Å². The highest BCUT2D eigenvalue weighted by molar-refractivity contribution is 9.10. The molecular weight excluding hydrogens is 386 g/mol. The molecule has 128 valence electrons. The normalized spacial score (nSPS) is 10.4. The van der Waals surface area contributed by atoms with Gasteiger partial charge in [-0.1, -0.05) is 13.0 Å². The van der Waals surface area contributed by atoms with E-state index in [1.165, 1.54) is 24.3 Å². The molecule has 0 radical (unpaired) electrons. The van der Waals surface area contributed by atoms with Crippen LogP contribution in [-0.2, 0) is 17.8 Å². The van der Waals surface area contributed by atoms with Crippen molar-refractivity contribution < 1.29 is 27.8 Å². The van der Waals surface area contributed by atoms with Crippen molar-refractivity contribution >= 4 is 22.1 Å². The van der Waals surface area contributed by atoms with E-state index in [2.05, 4.69) is 20.7 Å². The van der Waals surface area contributed by atoms with Gasteiger partial charge in [-0.25, -0.2) is 13.6 Å². The fourth-order valence-corrected chi connectivity index (χ4v) is 2.51. The average Bonchev–Trinajstić information content (AvgIpc) is 2.56. The van der Waals surface area contributed by atoms with Crippen molar-refractivity contribution in [3.8, 4) is 11.5 Å². The van der Waals surface area contributed by atoms with Crippen molar-refractivity contribution in [2.45, 2.75) is 20.0 Å². The van der Waals surface area contributed by atoms with Crippen molar-refractivity contribution in [2.75, 3.05) is 7.11 Å². The Balaban J connectivity index is 2.23. The number of carbonyl (C=O) groups excluding carboxylic acids is 1. The van der Waals surface area contributed by atoms with E-state index in [9.17, 15) is 13.6 Å². The standard InChI is InChI=1S/C17H15BrF2O4/c1-3-10-7-12(18)16(8-14(10)20)23-9-11-13(19)5-4-6-15(11)24-17(21)22-2/h4-8H,3,9H2,1-2H3. The van der Waals surface area contributed by atoms with Crippen molar-refractivity contribution in [1.29, 1.82) is 0 Å². The summed E-state index contributed by atoms with van der Waals surface area (Å²) in [5.41, 5.74) is 0.560. The van der Waals surface area contributed by atoms with Gasteiger partial charge in [-0.15, -0.1) is 0 Å². The number of hydrogen-bond acceptors (Lipinski definition) is 4. The maximum Gasteiger partial charge on any atom is 0.513 e. The van der Waals surface area contributed by atoms with Crippen LogP contribution < -0.4 is 9.47 Å². The number of carbonyl (C=O) groups is 1. The van der Waals surface area contributed by atoms with Crippen molar-refractivity contribution in [2.24, 2.45) is 0 Å². The molecule has 2 aromatic rings. The highest BCUT2D eigenvalue weighted by Crippen LogP contribution is 2.31. The molecule has 0 amide bonds. The average molecular weight is 401 g/mol. The third-order valence-corrected chi connectivity index (χ3v) is 3.91. The number of halogens is 3. The van der Waals surface area contributed by atoms with Crippen LogP contribution in [0.5, 0.6) is 11.5 Å². The quantitative estimate of drug-likeness (QED) is 0.522. The van der Waals surface area contributed by atoms with E-state index in [4.69, 9.17) is 9.47 Å². The minimum atomic E-state index is -0.971. The predicted octanol–water partition coefficient (Wildman–Crippen LogP) is 5.01. The monoisotopic (exact) mass is 400 g/mol. The van der Waals surface area contributed by atoms with E-state index in [0.717, 1.165) is 7.11 Å². The van der Waals surface area contributed by atoms with Crippen LogP contribution >= 0.6 is 15.9 Å². The molecular formula is C17H15BrF2O4. The molecule has 2 rings (SSSR count). The van der Waals surface area contributed by atoms with Gasteiger partial charge in [0.15, 0.2) is 0 Å². The lowest BCUT2D eigenvalue weighted by Crippen LogP contribution is -2.11. The van der Waals surface area contributed by atoms with Crippen LogP contribution in [-0.4, -0.2) is 13.3 Å². The van der Waals surface area contributed by atoms with E-state index in [0.29, 0.717) is 16.5 Å². The second kappa shape index (κ2) is 8.10. The molecule has 0 spiro atoms. The largest absolute Gasteiger partial charge is 0.513 e. The molecule has 0 fully saturated rings. The third-order valence-electron chi connectivity index (χ3n) is 3.29. The maximum atomic E-state index is 14.0. The predicted molar refractivity (Wildman–Crippen MR) is 87.2 cm³/mol. The highest BCUT2D eigenvalue weighted by Gasteiger charge is 2.16. The Labute approximate surface area is 146 Å². The zero-order valence-electron chi connectivity index (χ0n) is 13.1. The molecule has 0 unspecified atom stereocenters. The fourth-order valence-electron chi connectivity index (χ4n) is 2.01. The van der Waals surface area contributed by atoms with E-state index in [-0.39, 0.29) is 23.7 Å². The minimum Gasteiger partial charge on any atom is -0.487 e. The molecule has 0 heterocycles. The topological polar surface area (TPSA) is 44.8 Å². The molecule has 0 aliphatic carbocycles. The van der Waals surface area contributed by atoms with E-state index < -0.39 is 17.8 Å². The summed E-state index contributed by atoms with van der Waals surface area (Å²) >= 11 is 3.29. The van der Waals surface area contributed by atoms with Gasteiger partial charge in [0.2, 0.25) is 0 Å². The Bertz CT molecular complexity index is 750.